The summed E-state index contributed by atoms with van der Waals surface area (Å²) in [6, 6.07) is 6.23. The lowest BCUT2D eigenvalue weighted by Gasteiger charge is -2.09. The highest BCUT2D eigenvalue weighted by atomic mass is 16.5. The first-order chi connectivity index (χ1) is 9.95. The van der Waals surface area contributed by atoms with Gasteiger partial charge in [-0.05, 0) is 31.5 Å². The first kappa shape index (κ1) is 14.6. The summed E-state index contributed by atoms with van der Waals surface area (Å²) >= 11 is 0. The number of carboxylic acid groups (broad SMARTS) is 1. The summed E-state index contributed by atoms with van der Waals surface area (Å²) in [6.45, 7) is 3.18. The Hall–Kier alpha value is -2.83. The summed E-state index contributed by atoms with van der Waals surface area (Å²) in [5.74, 6) is -0.575. The molecule has 0 aliphatic carbocycles. The maximum absolute atomic E-state index is 11.7. The summed E-state index contributed by atoms with van der Waals surface area (Å²) < 4.78 is 10.1. The van der Waals surface area contributed by atoms with Crippen molar-refractivity contribution >= 4 is 17.7 Å². The minimum atomic E-state index is -1.11. The number of anilines is 1. The number of carboxylic acids is 1. The van der Waals surface area contributed by atoms with E-state index in [4.69, 9.17) is 14.4 Å². The number of nitrogens with zero attached hydrogens (tertiary/aromatic N) is 1. The lowest BCUT2D eigenvalue weighted by molar-refractivity contribution is -0.118. The van der Waals surface area contributed by atoms with Gasteiger partial charge in [-0.1, -0.05) is 11.2 Å². The van der Waals surface area contributed by atoms with E-state index in [1.807, 2.05) is 0 Å². The molecule has 0 saturated heterocycles. The second kappa shape index (κ2) is 6.08. The van der Waals surface area contributed by atoms with Gasteiger partial charge < -0.3 is 19.7 Å². The first-order valence-corrected chi connectivity index (χ1v) is 6.15. The topological polar surface area (TPSA) is 102 Å². The Kier molecular flexibility index (Phi) is 4.22. The predicted molar refractivity (Wildman–Crippen MR) is 73.5 cm³/mol. The fourth-order valence-electron chi connectivity index (χ4n) is 1.67. The molecule has 1 aromatic heterocycles. The third-order valence-corrected chi connectivity index (χ3v) is 2.62. The standard InChI is InChI=1S/C14H14N2O5/c1-8-3-4-10(14(18)19)11(5-8)20-7-13(17)15-12-6-9(2)21-16-12/h3-6H,7H2,1-2H3,(H,18,19)(H,15,16,17). The Morgan fingerprint density at radius 1 is 1.33 bits per heavy atom. The lowest BCUT2D eigenvalue weighted by atomic mass is 10.1. The van der Waals surface area contributed by atoms with E-state index >= 15 is 0 Å². The van der Waals surface area contributed by atoms with Crippen LogP contribution in [0.4, 0.5) is 5.82 Å². The van der Waals surface area contributed by atoms with Gasteiger partial charge in [-0.2, -0.15) is 0 Å². The smallest absolute Gasteiger partial charge is 0.339 e. The van der Waals surface area contributed by atoms with Gasteiger partial charge in [0, 0.05) is 6.07 Å². The van der Waals surface area contributed by atoms with Crippen LogP contribution in [0, 0.1) is 13.8 Å². The molecule has 21 heavy (non-hydrogen) atoms. The first-order valence-electron chi connectivity index (χ1n) is 6.15. The van der Waals surface area contributed by atoms with Gasteiger partial charge in [0.15, 0.2) is 12.4 Å². The van der Waals surface area contributed by atoms with Gasteiger partial charge in [-0.25, -0.2) is 4.79 Å². The highest BCUT2D eigenvalue weighted by Crippen LogP contribution is 2.20. The number of ether oxygens (including phenoxy) is 1. The maximum Gasteiger partial charge on any atom is 0.339 e. The third kappa shape index (κ3) is 3.82. The minimum absolute atomic E-state index is 0.00526. The van der Waals surface area contributed by atoms with E-state index < -0.39 is 11.9 Å². The number of hydrogen-bond donors (Lipinski definition) is 2. The van der Waals surface area contributed by atoms with E-state index in [9.17, 15) is 9.59 Å². The molecule has 0 atom stereocenters. The normalized spacial score (nSPS) is 10.2. The number of nitrogens with one attached hydrogen (secondary N) is 1. The van der Waals surface area contributed by atoms with Crippen LogP contribution in [0.1, 0.15) is 21.7 Å². The Bertz CT molecular complexity index is 678. The molecule has 110 valence electrons. The summed E-state index contributed by atoms with van der Waals surface area (Å²) in [5.41, 5.74) is 0.841. The highest BCUT2D eigenvalue weighted by molar-refractivity contribution is 5.92. The molecule has 0 bridgehead atoms. The van der Waals surface area contributed by atoms with Crippen molar-refractivity contribution in [1.82, 2.24) is 5.16 Å². The molecule has 0 saturated carbocycles. The SMILES string of the molecule is Cc1ccc(C(=O)O)c(OCC(=O)Nc2cc(C)on2)c1. The Morgan fingerprint density at radius 2 is 2.10 bits per heavy atom. The fraction of sp³-hybridized carbons (Fsp3) is 0.214. The van der Waals surface area contributed by atoms with Crippen LogP contribution in [0.15, 0.2) is 28.8 Å². The summed E-state index contributed by atoms with van der Waals surface area (Å²) in [6.07, 6.45) is 0. The molecule has 0 aliphatic heterocycles. The molecule has 1 amide bonds. The summed E-state index contributed by atoms with van der Waals surface area (Å²) in [7, 11) is 0. The lowest BCUT2D eigenvalue weighted by Crippen LogP contribution is -2.21. The van der Waals surface area contributed by atoms with Crippen LogP contribution >= 0.6 is 0 Å². The summed E-state index contributed by atoms with van der Waals surface area (Å²) in [5, 5.41) is 15.2. The van der Waals surface area contributed by atoms with E-state index in [-0.39, 0.29) is 23.7 Å². The van der Waals surface area contributed by atoms with Gasteiger partial charge in [0.05, 0.1) is 0 Å². The molecule has 0 spiro atoms. The second-order valence-corrected chi connectivity index (χ2v) is 4.46. The average molecular weight is 290 g/mol. The van der Waals surface area contributed by atoms with Crippen LogP contribution in [0.2, 0.25) is 0 Å². The molecule has 2 rings (SSSR count). The van der Waals surface area contributed by atoms with E-state index in [0.717, 1.165) is 5.56 Å². The fourth-order valence-corrected chi connectivity index (χ4v) is 1.67. The number of carbonyl (C=O) groups excluding carboxylic acids is 1. The van der Waals surface area contributed by atoms with Crippen LogP contribution in [0.25, 0.3) is 0 Å². The Morgan fingerprint density at radius 3 is 2.71 bits per heavy atom. The van der Waals surface area contributed by atoms with Crippen molar-refractivity contribution in [2.75, 3.05) is 11.9 Å². The number of carbonyl (C=O) groups is 2. The molecule has 1 aromatic carbocycles. The van der Waals surface area contributed by atoms with Crippen LogP contribution < -0.4 is 10.1 Å². The number of benzene rings is 1. The zero-order chi connectivity index (χ0) is 15.4. The number of hydrogen-bond acceptors (Lipinski definition) is 5. The van der Waals surface area contributed by atoms with Crippen LogP contribution in [-0.2, 0) is 4.79 Å². The molecule has 2 aromatic rings. The van der Waals surface area contributed by atoms with E-state index in [2.05, 4.69) is 10.5 Å². The number of aromatic carboxylic acids is 1. The van der Waals surface area contributed by atoms with E-state index in [0.29, 0.717) is 5.76 Å². The maximum atomic E-state index is 11.7. The molecule has 0 fully saturated rings. The second-order valence-electron chi connectivity index (χ2n) is 4.46. The molecule has 1 heterocycles. The van der Waals surface area contributed by atoms with Crippen molar-refractivity contribution in [2.24, 2.45) is 0 Å². The Labute approximate surface area is 120 Å². The van der Waals surface area contributed by atoms with Gasteiger partial charge in [-0.15, -0.1) is 0 Å². The molecule has 0 unspecified atom stereocenters. The highest BCUT2D eigenvalue weighted by Gasteiger charge is 2.13. The molecule has 0 radical (unpaired) electrons. The monoisotopic (exact) mass is 290 g/mol. The molecule has 7 heteroatoms. The zero-order valence-corrected chi connectivity index (χ0v) is 11.5. The molecular weight excluding hydrogens is 276 g/mol. The van der Waals surface area contributed by atoms with Gasteiger partial charge in [0.2, 0.25) is 0 Å². The van der Waals surface area contributed by atoms with Crippen molar-refractivity contribution in [3.63, 3.8) is 0 Å². The van der Waals surface area contributed by atoms with Crippen LogP contribution in [0.5, 0.6) is 5.75 Å². The van der Waals surface area contributed by atoms with Gasteiger partial charge >= 0.3 is 5.97 Å². The number of amides is 1. The van der Waals surface area contributed by atoms with E-state index in [1.54, 1.807) is 32.0 Å². The number of aryl methyl sites for hydroxylation is 2. The zero-order valence-electron chi connectivity index (χ0n) is 11.5. The van der Waals surface area contributed by atoms with Crippen molar-refractivity contribution in [1.29, 1.82) is 0 Å². The number of rotatable bonds is 5. The third-order valence-electron chi connectivity index (χ3n) is 2.62. The van der Waals surface area contributed by atoms with Crippen LogP contribution in [0.3, 0.4) is 0 Å². The molecule has 2 N–H and O–H groups in total. The molecular formula is C14H14N2O5. The van der Waals surface area contributed by atoms with Crippen molar-refractivity contribution < 1.29 is 24.0 Å². The minimum Gasteiger partial charge on any atom is -0.483 e. The summed E-state index contributed by atoms with van der Waals surface area (Å²) in [4.78, 5) is 22.8. The van der Waals surface area contributed by atoms with Gasteiger partial charge in [0.1, 0.15) is 17.1 Å². The van der Waals surface area contributed by atoms with Crippen molar-refractivity contribution in [2.45, 2.75) is 13.8 Å². The van der Waals surface area contributed by atoms with E-state index in [1.165, 1.54) is 6.07 Å². The number of aromatic nitrogens is 1. The van der Waals surface area contributed by atoms with Crippen molar-refractivity contribution in [3.05, 3.63) is 41.2 Å². The quantitative estimate of drug-likeness (QED) is 0.873. The molecule has 0 aliphatic rings. The predicted octanol–water partition coefficient (Wildman–Crippen LogP) is 2.01. The molecule has 7 nitrogen and oxygen atoms in total. The van der Waals surface area contributed by atoms with Crippen molar-refractivity contribution in [3.8, 4) is 5.75 Å². The van der Waals surface area contributed by atoms with Gasteiger partial charge in [-0.3, -0.25) is 4.79 Å². The average Bonchev–Trinajstić information content (AvgIpc) is 2.81. The largest absolute Gasteiger partial charge is 0.483 e. The van der Waals surface area contributed by atoms with Gasteiger partial charge in [0.25, 0.3) is 5.91 Å². The van der Waals surface area contributed by atoms with Crippen LogP contribution in [-0.4, -0.2) is 28.7 Å². The Balaban J connectivity index is 2.00.